The molecule has 3 N–H and O–H groups in total. The molecule has 14 heavy (non-hydrogen) atoms. The fourth-order valence-electron chi connectivity index (χ4n) is 1.69. The van der Waals surface area contributed by atoms with Crippen molar-refractivity contribution in [1.82, 2.24) is 14.9 Å². The number of nitrogens with one attached hydrogen (secondary N) is 2. The van der Waals surface area contributed by atoms with Gasteiger partial charge in [-0.05, 0) is 6.42 Å². The van der Waals surface area contributed by atoms with Gasteiger partial charge in [-0.15, -0.1) is 0 Å². The Morgan fingerprint density at radius 3 is 2.93 bits per heavy atom. The molecule has 1 fully saturated rings. The van der Waals surface area contributed by atoms with E-state index in [9.17, 15) is 0 Å². The summed E-state index contributed by atoms with van der Waals surface area (Å²) in [6.07, 6.45) is 4.43. The van der Waals surface area contributed by atoms with Crippen molar-refractivity contribution in [2.75, 3.05) is 25.0 Å². The second-order valence-electron chi connectivity index (χ2n) is 3.84. The van der Waals surface area contributed by atoms with Gasteiger partial charge in [-0.2, -0.15) is 0 Å². The lowest BCUT2D eigenvalue weighted by atomic mass is 9.89. The maximum atomic E-state index is 8.97. The van der Waals surface area contributed by atoms with E-state index in [0.29, 0.717) is 0 Å². The molecule has 2 heterocycles. The molecule has 1 aliphatic heterocycles. The van der Waals surface area contributed by atoms with Crippen LogP contribution in [0.4, 0.5) is 5.95 Å². The summed E-state index contributed by atoms with van der Waals surface area (Å²) in [6, 6.07) is 0. The summed E-state index contributed by atoms with van der Waals surface area (Å²) < 4.78 is 1.94. The van der Waals surface area contributed by atoms with Gasteiger partial charge in [0.05, 0.1) is 5.54 Å². The summed E-state index contributed by atoms with van der Waals surface area (Å²) in [7, 11) is 1.95. The van der Waals surface area contributed by atoms with Crippen LogP contribution in [0.3, 0.4) is 0 Å². The molecule has 2 rings (SSSR count). The summed E-state index contributed by atoms with van der Waals surface area (Å²) in [5, 5.41) is 15.5. The van der Waals surface area contributed by atoms with Crippen molar-refractivity contribution in [2.45, 2.75) is 12.0 Å². The summed E-state index contributed by atoms with van der Waals surface area (Å²) in [6.45, 7) is 1.99. The van der Waals surface area contributed by atoms with Crippen molar-refractivity contribution in [3.63, 3.8) is 0 Å². The molecule has 1 aromatic heterocycles. The lowest BCUT2D eigenvalue weighted by molar-refractivity contribution is 0.206. The Kier molecular flexibility index (Phi) is 2.43. The number of aromatic nitrogens is 2. The summed E-state index contributed by atoms with van der Waals surface area (Å²) in [5.74, 6) is 0.861. The molecule has 5 heteroatoms. The van der Waals surface area contributed by atoms with Gasteiger partial charge in [0.15, 0.2) is 0 Å². The van der Waals surface area contributed by atoms with Gasteiger partial charge < -0.3 is 20.3 Å². The van der Waals surface area contributed by atoms with E-state index in [1.807, 2.05) is 17.8 Å². The van der Waals surface area contributed by atoms with Crippen LogP contribution in [-0.2, 0) is 7.05 Å². The van der Waals surface area contributed by atoms with E-state index in [0.717, 1.165) is 25.5 Å². The number of aliphatic hydroxyl groups excluding tert-OH is 1. The second kappa shape index (κ2) is 3.59. The minimum Gasteiger partial charge on any atom is -0.396 e. The molecule has 0 atom stereocenters. The minimum atomic E-state index is -0.00609. The third-order valence-electron chi connectivity index (χ3n) is 2.72. The molecule has 0 saturated carbocycles. The van der Waals surface area contributed by atoms with Crippen LogP contribution in [0.25, 0.3) is 0 Å². The third kappa shape index (κ3) is 1.60. The zero-order chi connectivity index (χ0) is 10.0. The third-order valence-corrected chi connectivity index (χ3v) is 2.72. The molecular formula is C9H16N4O. The van der Waals surface area contributed by atoms with Crippen molar-refractivity contribution >= 4 is 5.95 Å². The number of nitrogens with zero attached hydrogens (tertiary/aromatic N) is 2. The molecule has 0 bridgehead atoms. The zero-order valence-corrected chi connectivity index (χ0v) is 8.32. The van der Waals surface area contributed by atoms with E-state index in [1.165, 1.54) is 0 Å². The number of rotatable bonds is 4. The maximum Gasteiger partial charge on any atom is 0.203 e. The monoisotopic (exact) mass is 196 g/mol. The van der Waals surface area contributed by atoms with E-state index in [2.05, 4.69) is 15.6 Å². The normalized spacial score (nSPS) is 19.0. The summed E-state index contributed by atoms with van der Waals surface area (Å²) in [4.78, 5) is 4.21. The average molecular weight is 196 g/mol. The zero-order valence-electron chi connectivity index (χ0n) is 8.32. The Balaban J connectivity index is 2.05. The Bertz CT molecular complexity index is 306. The largest absolute Gasteiger partial charge is 0.396 e. The van der Waals surface area contributed by atoms with Crippen LogP contribution in [0.2, 0.25) is 0 Å². The number of imidazole rings is 1. The quantitative estimate of drug-likeness (QED) is 0.611. The van der Waals surface area contributed by atoms with Crippen LogP contribution in [0.5, 0.6) is 0 Å². The summed E-state index contributed by atoms with van der Waals surface area (Å²) in [5.41, 5.74) is -0.00609. The van der Waals surface area contributed by atoms with Gasteiger partial charge in [-0.1, -0.05) is 0 Å². The summed E-state index contributed by atoms with van der Waals surface area (Å²) >= 11 is 0. The van der Waals surface area contributed by atoms with Gasteiger partial charge in [0, 0.05) is 39.1 Å². The molecule has 78 valence electrons. The fourth-order valence-corrected chi connectivity index (χ4v) is 1.69. The van der Waals surface area contributed by atoms with Gasteiger partial charge in [0.1, 0.15) is 0 Å². The highest BCUT2D eigenvalue weighted by Crippen LogP contribution is 2.21. The van der Waals surface area contributed by atoms with Crippen molar-refractivity contribution in [3.8, 4) is 0 Å². The molecule has 0 spiro atoms. The number of anilines is 1. The van der Waals surface area contributed by atoms with Gasteiger partial charge >= 0.3 is 0 Å². The van der Waals surface area contributed by atoms with Crippen molar-refractivity contribution < 1.29 is 5.11 Å². The number of aliphatic hydroxyl groups is 1. The molecule has 0 aliphatic carbocycles. The lowest BCUT2D eigenvalue weighted by Crippen LogP contribution is -2.64. The SMILES string of the molecule is Cn1ccnc1NC1(CCO)CNC1. The molecule has 1 aromatic rings. The molecular weight excluding hydrogens is 180 g/mol. The van der Waals surface area contributed by atoms with Crippen LogP contribution in [0.15, 0.2) is 12.4 Å². The second-order valence-corrected chi connectivity index (χ2v) is 3.84. The molecule has 0 aromatic carbocycles. The van der Waals surface area contributed by atoms with Crippen LogP contribution >= 0.6 is 0 Å². The molecule has 1 saturated heterocycles. The van der Waals surface area contributed by atoms with E-state index >= 15 is 0 Å². The Hall–Kier alpha value is -1.07. The standard InChI is InChI=1S/C9H16N4O/c1-13-4-3-11-8(13)12-9(2-5-14)6-10-7-9/h3-4,10,14H,2,5-7H2,1H3,(H,11,12). The predicted molar refractivity (Wildman–Crippen MR) is 54.1 cm³/mol. The van der Waals surface area contributed by atoms with Crippen molar-refractivity contribution in [3.05, 3.63) is 12.4 Å². The van der Waals surface area contributed by atoms with Gasteiger partial charge in [0.25, 0.3) is 0 Å². The molecule has 1 aliphatic rings. The average Bonchev–Trinajstić information content (AvgIpc) is 2.48. The van der Waals surface area contributed by atoms with Crippen LogP contribution in [-0.4, -0.2) is 39.9 Å². The highest BCUT2D eigenvalue weighted by atomic mass is 16.3. The Morgan fingerprint density at radius 2 is 2.50 bits per heavy atom. The highest BCUT2D eigenvalue weighted by Gasteiger charge is 2.36. The molecule has 0 unspecified atom stereocenters. The first-order valence-electron chi connectivity index (χ1n) is 4.83. The Morgan fingerprint density at radius 1 is 1.71 bits per heavy atom. The number of hydrogen-bond donors (Lipinski definition) is 3. The van der Waals surface area contributed by atoms with E-state index in [4.69, 9.17) is 5.11 Å². The molecule has 0 radical (unpaired) electrons. The fraction of sp³-hybridized carbons (Fsp3) is 0.667. The minimum absolute atomic E-state index is 0.00609. The van der Waals surface area contributed by atoms with Gasteiger partial charge in [0.2, 0.25) is 5.95 Å². The van der Waals surface area contributed by atoms with Crippen molar-refractivity contribution in [2.24, 2.45) is 7.05 Å². The topological polar surface area (TPSA) is 62.1 Å². The van der Waals surface area contributed by atoms with Gasteiger partial charge in [-0.3, -0.25) is 0 Å². The van der Waals surface area contributed by atoms with Gasteiger partial charge in [-0.25, -0.2) is 4.98 Å². The van der Waals surface area contributed by atoms with E-state index in [-0.39, 0.29) is 12.1 Å². The first-order valence-corrected chi connectivity index (χ1v) is 4.83. The van der Waals surface area contributed by atoms with E-state index < -0.39 is 0 Å². The number of hydrogen-bond acceptors (Lipinski definition) is 4. The Labute approximate surface area is 83.1 Å². The van der Waals surface area contributed by atoms with Crippen LogP contribution in [0.1, 0.15) is 6.42 Å². The van der Waals surface area contributed by atoms with E-state index in [1.54, 1.807) is 6.20 Å². The predicted octanol–water partition coefficient (Wildman–Crippen LogP) is -0.444. The van der Waals surface area contributed by atoms with Crippen LogP contribution < -0.4 is 10.6 Å². The van der Waals surface area contributed by atoms with Crippen LogP contribution in [0, 0.1) is 0 Å². The highest BCUT2D eigenvalue weighted by molar-refractivity contribution is 5.33. The maximum absolute atomic E-state index is 8.97. The molecule has 0 amide bonds. The molecule has 5 nitrogen and oxygen atoms in total. The first-order chi connectivity index (χ1) is 6.76. The number of aryl methyl sites for hydroxylation is 1. The lowest BCUT2D eigenvalue weighted by Gasteiger charge is -2.43. The first kappa shape index (κ1) is 9.48. The smallest absolute Gasteiger partial charge is 0.203 e. The van der Waals surface area contributed by atoms with Crippen molar-refractivity contribution in [1.29, 1.82) is 0 Å².